The van der Waals surface area contributed by atoms with E-state index in [1.165, 1.54) is 12.1 Å². The molecule has 0 aromatic heterocycles. The fourth-order valence-electron chi connectivity index (χ4n) is 1.50. The Hall–Kier alpha value is -1.62. The summed E-state index contributed by atoms with van der Waals surface area (Å²) in [5, 5.41) is 0. The monoisotopic (exact) mass is 314 g/mol. The quantitative estimate of drug-likeness (QED) is 0.763. The van der Waals surface area contributed by atoms with Gasteiger partial charge in [0.05, 0.1) is 5.56 Å². The average Bonchev–Trinajstić information content (AvgIpc) is 2.35. The van der Waals surface area contributed by atoms with Crippen molar-refractivity contribution in [2.24, 2.45) is 0 Å². The fraction of sp³-hybridized carbons (Fsp3) is 0. The Morgan fingerprint density at radius 2 is 1.72 bits per heavy atom. The summed E-state index contributed by atoms with van der Waals surface area (Å²) in [5.74, 6) is -3.76. The topological polar surface area (TPSA) is 17.1 Å². The van der Waals surface area contributed by atoms with E-state index in [-0.39, 0.29) is 5.56 Å². The van der Waals surface area contributed by atoms with Crippen molar-refractivity contribution in [3.63, 3.8) is 0 Å². The second kappa shape index (κ2) is 4.94. The summed E-state index contributed by atoms with van der Waals surface area (Å²) in [6.07, 6.45) is 0. The maximum Gasteiger partial charge on any atom is 0.197 e. The van der Waals surface area contributed by atoms with Gasteiger partial charge in [-0.25, -0.2) is 13.2 Å². The third-order valence-electron chi connectivity index (χ3n) is 2.37. The third-order valence-corrected chi connectivity index (χ3v) is 3.06. The first-order valence-electron chi connectivity index (χ1n) is 4.94. The highest BCUT2D eigenvalue weighted by molar-refractivity contribution is 9.10. The lowest BCUT2D eigenvalue weighted by Crippen LogP contribution is -2.07. The Morgan fingerprint density at radius 1 is 1.00 bits per heavy atom. The Balaban J connectivity index is 2.55. The lowest BCUT2D eigenvalue weighted by molar-refractivity contribution is 0.103. The number of ketones is 1. The van der Waals surface area contributed by atoms with Crippen molar-refractivity contribution in [3.05, 3.63) is 69.4 Å². The van der Waals surface area contributed by atoms with Gasteiger partial charge in [-0.3, -0.25) is 4.79 Å². The van der Waals surface area contributed by atoms with Gasteiger partial charge in [-0.05, 0) is 30.3 Å². The van der Waals surface area contributed by atoms with Crippen LogP contribution in [0.5, 0.6) is 0 Å². The lowest BCUT2D eigenvalue weighted by Gasteiger charge is -2.05. The summed E-state index contributed by atoms with van der Waals surface area (Å²) >= 11 is 3.07. The molecule has 0 spiro atoms. The molecule has 5 heteroatoms. The van der Waals surface area contributed by atoms with E-state index in [1.54, 1.807) is 0 Å². The van der Waals surface area contributed by atoms with Crippen molar-refractivity contribution in [1.29, 1.82) is 0 Å². The highest BCUT2D eigenvalue weighted by Crippen LogP contribution is 2.23. The first-order valence-corrected chi connectivity index (χ1v) is 5.74. The third kappa shape index (κ3) is 2.31. The van der Waals surface area contributed by atoms with Crippen LogP contribution in [0, 0.1) is 17.5 Å². The molecule has 0 heterocycles. The number of carbonyl (C=O) groups excluding carboxylic acids is 1. The van der Waals surface area contributed by atoms with Crippen LogP contribution in [0.4, 0.5) is 13.2 Å². The van der Waals surface area contributed by atoms with E-state index < -0.39 is 28.8 Å². The van der Waals surface area contributed by atoms with Gasteiger partial charge in [-0.2, -0.15) is 0 Å². The van der Waals surface area contributed by atoms with Crippen LogP contribution in [0.25, 0.3) is 0 Å². The molecule has 2 aromatic carbocycles. The standard InChI is InChI=1S/C13H6BrF3O/c14-10-5-4-7(15)6-9(10)13(18)8-2-1-3-11(16)12(8)17/h1-6H. The molecule has 0 saturated carbocycles. The zero-order valence-electron chi connectivity index (χ0n) is 8.88. The molecule has 0 N–H and O–H groups in total. The average molecular weight is 315 g/mol. The molecule has 0 saturated heterocycles. The first-order chi connectivity index (χ1) is 8.50. The molecule has 0 unspecified atom stereocenters. The second-order valence-corrected chi connectivity index (χ2v) is 4.41. The molecule has 0 aliphatic heterocycles. The van der Waals surface area contributed by atoms with E-state index in [9.17, 15) is 18.0 Å². The van der Waals surface area contributed by atoms with E-state index in [4.69, 9.17) is 0 Å². The van der Waals surface area contributed by atoms with Crippen LogP contribution >= 0.6 is 15.9 Å². The molecule has 0 bridgehead atoms. The minimum absolute atomic E-state index is 0.0560. The van der Waals surface area contributed by atoms with Crippen LogP contribution < -0.4 is 0 Å². The van der Waals surface area contributed by atoms with Crippen LogP contribution in [0.15, 0.2) is 40.9 Å². The fourth-order valence-corrected chi connectivity index (χ4v) is 1.92. The van der Waals surface area contributed by atoms with Crippen LogP contribution in [-0.2, 0) is 0 Å². The number of rotatable bonds is 2. The van der Waals surface area contributed by atoms with Gasteiger partial charge in [0.1, 0.15) is 5.82 Å². The highest BCUT2D eigenvalue weighted by Gasteiger charge is 2.19. The summed E-state index contributed by atoms with van der Waals surface area (Å²) < 4.78 is 39.9. The molecule has 1 nitrogen and oxygen atoms in total. The Morgan fingerprint density at radius 3 is 2.44 bits per heavy atom. The van der Waals surface area contributed by atoms with Crippen molar-refractivity contribution in [2.45, 2.75) is 0 Å². The lowest BCUT2D eigenvalue weighted by atomic mass is 10.0. The maximum absolute atomic E-state index is 13.5. The van der Waals surface area contributed by atoms with E-state index in [2.05, 4.69) is 15.9 Å². The summed E-state index contributed by atoms with van der Waals surface area (Å²) in [7, 11) is 0. The molecule has 0 radical (unpaired) electrons. The SMILES string of the molecule is O=C(c1cc(F)ccc1Br)c1cccc(F)c1F. The highest BCUT2D eigenvalue weighted by atomic mass is 79.9. The number of hydrogen-bond acceptors (Lipinski definition) is 1. The zero-order chi connectivity index (χ0) is 13.3. The van der Waals surface area contributed by atoms with E-state index in [0.29, 0.717) is 4.47 Å². The summed E-state index contributed by atoms with van der Waals surface area (Å²) in [5.41, 5.74) is -0.485. The van der Waals surface area contributed by atoms with Gasteiger partial charge in [-0.15, -0.1) is 0 Å². The predicted octanol–water partition coefficient (Wildman–Crippen LogP) is 4.10. The molecule has 18 heavy (non-hydrogen) atoms. The Bertz CT molecular complexity index is 622. The molecular formula is C13H6BrF3O. The zero-order valence-corrected chi connectivity index (χ0v) is 10.5. The molecular weight excluding hydrogens is 309 g/mol. The summed E-state index contributed by atoms with van der Waals surface area (Å²) in [6.45, 7) is 0. The number of halogens is 4. The van der Waals surface area contributed by atoms with E-state index in [1.807, 2.05) is 0 Å². The molecule has 0 fully saturated rings. The van der Waals surface area contributed by atoms with Crippen molar-refractivity contribution in [3.8, 4) is 0 Å². The number of benzene rings is 2. The molecule has 0 aliphatic rings. The molecule has 0 atom stereocenters. The van der Waals surface area contributed by atoms with Crippen molar-refractivity contribution in [1.82, 2.24) is 0 Å². The van der Waals surface area contributed by atoms with Gasteiger partial charge in [0.2, 0.25) is 0 Å². The molecule has 2 aromatic rings. The molecule has 0 amide bonds. The van der Waals surface area contributed by atoms with Crippen LogP contribution in [0.1, 0.15) is 15.9 Å². The molecule has 92 valence electrons. The Labute approximate surface area is 109 Å². The summed E-state index contributed by atoms with van der Waals surface area (Å²) in [4.78, 5) is 12.0. The van der Waals surface area contributed by atoms with Crippen LogP contribution in [0.3, 0.4) is 0 Å². The van der Waals surface area contributed by atoms with E-state index in [0.717, 1.165) is 24.3 Å². The van der Waals surface area contributed by atoms with Crippen molar-refractivity contribution < 1.29 is 18.0 Å². The predicted molar refractivity (Wildman–Crippen MR) is 63.9 cm³/mol. The van der Waals surface area contributed by atoms with Crippen LogP contribution in [-0.4, -0.2) is 5.78 Å². The van der Waals surface area contributed by atoms with Crippen molar-refractivity contribution >= 4 is 21.7 Å². The Kier molecular flexibility index (Phi) is 3.52. The minimum Gasteiger partial charge on any atom is -0.288 e. The first kappa shape index (κ1) is 12.8. The molecule has 2 rings (SSSR count). The van der Waals surface area contributed by atoms with Gasteiger partial charge in [0, 0.05) is 10.0 Å². The van der Waals surface area contributed by atoms with Crippen LogP contribution in [0.2, 0.25) is 0 Å². The number of carbonyl (C=O) groups is 1. The smallest absolute Gasteiger partial charge is 0.197 e. The normalized spacial score (nSPS) is 10.4. The summed E-state index contributed by atoms with van der Waals surface area (Å²) in [6, 6.07) is 6.74. The largest absolute Gasteiger partial charge is 0.288 e. The van der Waals surface area contributed by atoms with Gasteiger partial charge >= 0.3 is 0 Å². The van der Waals surface area contributed by atoms with Gasteiger partial charge in [-0.1, -0.05) is 22.0 Å². The number of hydrogen-bond donors (Lipinski definition) is 0. The maximum atomic E-state index is 13.5. The van der Waals surface area contributed by atoms with Gasteiger partial charge in [0.15, 0.2) is 17.4 Å². The van der Waals surface area contributed by atoms with Gasteiger partial charge in [0.25, 0.3) is 0 Å². The molecule has 0 aliphatic carbocycles. The van der Waals surface area contributed by atoms with Crippen molar-refractivity contribution in [2.75, 3.05) is 0 Å². The second-order valence-electron chi connectivity index (χ2n) is 3.55. The minimum atomic E-state index is -1.24. The van der Waals surface area contributed by atoms with Gasteiger partial charge < -0.3 is 0 Å². The van der Waals surface area contributed by atoms with E-state index >= 15 is 0 Å².